The predicted molar refractivity (Wildman–Crippen MR) is 71.5 cm³/mol. The van der Waals surface area contributed by atoms with Crippen LogP contribution in [0.15, 0.2) is 18.2 Å². The normalized spacial score (nSPS) is 18.3. The summed E-state index contributed by atoms with van der Waals surface area (Å²) in [7, 11) is 0. The van der Waals surface area contributed by atoms with Crippen molar-refractivity contribution in [2.45, 2.75) is 19.8 Å². The first-order chi connectivity index (χ1) is 8.70. The summed E-state index contributed by atoms with van der Waals surface area (Å²) in [4.78, 5) is 2.32. The first-order valence-corrected chi connectivity index (χ1v) is 6.47. The molecule has 2 rings (SSSR count). The zero-order valence-electron chi connectivity index (χ0n) is 11.1. The predicted octanol–water partition coefficient (Wildman–Crippen LogP) is 2.24. The van der Waals surface area contributed by atoms with Crippen molar-refractivity contribution in [1.29, 1.82) is 5.26 Å². The van der Waals surface area contributed by atoms with Gasteiger partial charge < -0.3 is 4.74 Å². The van der Waals surface area contributed by atoms with Crippen molar-refractivity contribution in [2.24, 2.45) is 0 Å². The molecule has 96 valence electrons. The van der Waals surface area contributed by atoms with E-state index in [1.54, 1.807) is 0 Å². The molecule has 1 aliphatic rings. The lowest BCUT2D eigenvalue weighted by Crippen LogP contribution is -2.38. The molecule has 1 aromatic carbocycles. The van der Waals surface area contributed by atoms with E-state index in [0.29, 0.717) is 0 Å². The molecule has 3 nitrogen and oxygen atoms in total. The summed E-state index contributed by atoms with van der Waals surface area (Å²) in [5.41, 5.74) is 3.60. The van der Waals surface area contributed by atoms with Crippen LogP contribution in [0, 0.1) is 25.2 Å². The number of morpholine rings is 1. The van der Waals surface area contributed by atoms with E-state index in [4.69, 9.17) is 4.74 Å². The molecule has 1 unspecified atom stereocenters. The van der Waals surface area contributed by atoms with Crippen LogP contribution < -0.4 is 0 Å². The lowest BCUT2D eigenvalue weighted by Gasteiger charge is -2.28. The molecule has 0 aromatic heterocycles. The molecule has 0 bridgehead atoms. The van der Waals surface area contributed by atoms with Crippen LogP contribution in [0.4, 0.5) is 0 Å². The maximum Gasteiger partial charge on any atom is 0.0842 e. The van der Waals surface area contributed by atoms with Gasteiger partial charge in [0.1, 0.15) is 0 Å². The molecule has 1 aliphatic heterocycles. The average molecular weight is 244 g/mol. The van der Waals surface area contributed by atoms with E-state index < -0.39 is 0 Å². The van der Waals surface area contributed by atoms with Gasteiger partial charge in [0.15, 0.2) is 0 Å². The molecule has 0 amide bonds. The molecule has 3 heteroatoms. The van der Waals surface area contributed by atoms with E-state index in [0.717, 1.165) is 32.8 Å². The Bertz CT molecular complexity index is 444. The third-order valence-electron chi connectivity index (χ3n) is 3.51. The highest BCUT2D eigenvalue weighted by atomic mass is 16.5. The van der Waals surface area contributed by atoms with Crippen LogP contribution in [0.3, 0.4) is 0 Å². The van der Waals surface area contributed by atoms with Gasteiger partial charge >= 0.3 is 0 Å². The van der Waals surface area contributed by atoms with Gasteiger partial charge in [0, 0.05) is 19.6 Å². The number of rotatable bonds is 3. The number of hydrogen-bond donors (Lipinski definition) is 0. The summed E-state index contributed by atoms with van der Waals surface area (Å²) in [6, 6.07) is 8.80. The minimum absolute atomic E-state index is 0.0389. The van der Waals surface area contributed by atoms with Gasteiger partial charge in [0.25, 0.3) is 0 Å². The minimum atomic E-state index is -0.0389. The summed E-state index contributed by atoms with van der Waals surface area (Å²) < 4.78 is 5.34. The smallest absolute Gasteiger partial charge is 0.0842 e. The van der Waals surface area contributed by atoms with Gasteiger partial charge in [0.2, 0.25) is 0 Å². The van der Waals surface area contributed by atoms with Crippen LogP contribution >= 0.6 is 0 Å². The highest BCUT2D eigenvalue weighted by Gasteiger charge is 2.19. The molecule has 1 saturated heterocycles. The van der Waals surface area contributed by atoms with Crippen molar-refractivity contribution in [1.82, 2.24) is 4.90 Å². The van der Waals surface area contributed by atoms with Gasteiger partial charge in [-0.25, -0.2) is 0 Å². The van der Waals surface area contributed by atoms with E-state index in [9.17, 15) is 5.26 Å². The second kappa shape index (κ2) is 5.99. The molecule has 0 aliphatic carbocycles. The highest BCUT2D eigenvalue weighted by molar-refractivity contribution is 5.36. The van der Waals surface area contributed by atoms with Crippen molar-refractivity contribution >= 4 is 0 Å². The van der Waals surface area contributed by atoms with Crippen LogP contribution in [0.1, 0.15) is 22.6 Å². The van der Waals surface area contributed by atoms with Gasteiger partial charge in [-0.05, 0) is 25.0 Å². The van der Waals surface area contributed by atoms with Crippen molar-refractivity contribution in [2.75, 3.05) is 32.8 Å². The first-order valence-electron chi connectivity index (χ1n) is 6.47. The summed E-state index contributed by atoms with van der Waals surface area (Å²) in [5.74, 6) is -0.0389. The van der Waals surface area contributed by atoms with Crippen LogP contribution in [-0.4, -0.2) is 37.7 Å². The second-order valence-electron chi connectivity index (χ2n) is 4.95. The lowest BCUT2D eigenvalue weighted by molar-refractivity contribution is 0.0370. The Kier molecular flexibility index (Phi) is 4.35. The van der Waals surface area contributed by atoms with Gasteiger partial charge in [-0.2, -0.15) is 5.26 Å². The SMILES string of the molecule is Cc1ccc(C)c(C(C#N)CN2CCOCC2)c1. The monoisotopic (exact) mass is 244 g/mol. The maximum atomic E-state index is 9.42. The van der Waals surface area contributed by atoms with Gasteiger partial charge in [-0.3, -0.25) is 4.90 Å². The van der Waals surface area contributed by atoms with Crippen LogP contribution in [0.25, 0.3) is 0 Å². The summed E-state index contributed by atoms with van der Waals surface area (Å²) in [6.45, 7) is 8.40. The molecular formula is C15H20N2O. The Morgan fingerprint density at radius 3 is 2.72 bits per heavy atom. The Hall–Kier alpha value is -1.37. The number of hydrogen-bond acceptors (Lipinski definition) is 3. The lowest BCUT2D eigenvalue weighted by atomic mass is 9.93. The van der Waals surface area contributed by atoms with E-state index >= 15 is 0 Å². The van der Waals surface area contributed by atoms with Gasteiger partial charge in [0.05, 0.1) is 25.2 Å². The third kappa shape index (κ3) is 3.10. The summed E-state index contributed by atoms with van der Waals surface area (Å²) >= 11 is 0. The molecule has 1 atom stereocenters. The number of benzene rings is 1. The summed E-state index contributed by atoms with van der Waals surface area (Å²) in [6.07, 6.45) is 0. The Morgan fingerprint density at radius 1 is 1.33 bits per heavy atom. The Morgan fingerprint density at radius 2 is 2.06 bits per heavy atom. The Balaban J connectivity index is 2.12. The molecule has 1 fully saturated rings. The van der Waals surface area contributed by atoms with Crippen LogP contribution in [0.5, 0.6) is 0 Å². The average Bonchev–Trinajstić information content (AvgIpc) is 2.40. The Labute approximate surface area is 109 Å². The largest absolute Gasteiger partial charge is 0.379 e. The van der Waals surface area contributed by atoms with Crippen molar-refractivity contribution in [3.8, 4) is 6.07 Å². The zero-order valence-corrected chi connectivity index (χ0v) is 11.1. The number of nitrogens with zero attached hydrogens (tertiary/aromatic N) is 2. The van der Waals surface area contributed by atoms with Crippen molar-refractivity contribution in [3.63, 3.8) is 0 Å². The fraction of sp³-hybridized carbons (Fsp3) is 0.533. The molecular weight excluding hydrogens is 224 g/mol. The zero-order chi connectivity index (χ0) is 13.0. The quantitative estimate of drug-likeness (QED) is 0.818. The van der Waals surface area contributed by atoms with Gasteiger partial charge in [-0.1, -0.05) is 23.8 Å². The second-order valence-corrected chi connectivity index (χ2v) is 4.95. The van der Waals surface area contributed by atoms with Crippen LogP contribution in [-0.2, 0) is 4.74 Å². The molecule has 1 heterocycles. The molecule has 0 saturated carbocycles. The highest BCUT2D eigenvalue weighted by Crippen LogP contribution is 2.22. The number of aryl methyl sites for hydroxylation is 2. The maximum absolute atomic E-state index is 9.42. The van der Waals surface area contributed by atoms with Gasteiger partial charge in [-0.15, -0.1) is 0 Å². The van der Waals surface area contributed by atoms with E-state index in [-0.39, 0.29) is 5.92 Å². The fourth-order valence-corrected chi connectivity index (χ4v) is 2.39. The molecule has 0 spiro atoms. The topological polar surface area (TPSA) is 36.3 Å². The third-order valence-corrected chi connectivity index (χ3v) is 3.51. The van der Waals surface area contributed by atoms with E-state index in [1.807, 2.05) is 0 Å². The molecule has 0 radical (unpaired) electrons. The molecule has 0 N–H and O–H groups in total. The molecule has 18 heavy (non-hydrogen) atoms. The summed E-state index contributed by atoms with van der Waals surface area (Å²) in [5, 5.41) is 9.42. The van der Waals surface area contributed by atoms with Crippen molar-refractivity contribution < 1.29 is 4.74 Å². The van der Waals surface area contributed by atoms with E-state index in [2.05, 4.69) is 43.0 Å². The van der Waals surface area contributed by atoms with Crippen LogP contribution in [0.2, 0.25) is 0 Å². The number of ether oxygens (including phenoxy) is 1. The number of nitriles is 1. The van der Waals surface area contributed by atoms with E-state index in [1.165, 1.54) is 16.7 Å². The fourth-order valence-electron chi connectivity index (χ4n) is 2.39. The minimum Gasteiger partial charge on any atom is -0.379 e. The van der Waals surface area contributed by atoms with Crippen molar-refractivity contribution in [3.05, 3.63) is 34.9 Å². The molecule has 1 aromatic rings. The standard InChI is InChI=1S/C15H20N2O/c1-12-3-4-13(2)15(9-12)14(10-16)11-17-5-7-18-8-6-17/h3-4,9,14H,5-8,11H2,1-2H3. The first kappa shape index (κ1) is 13.1.